The van der Waals surface area contributed by atoms with E-state index in [1.54, 1.807) is 12.5 Å². The molecule has 2 aromatic heterocycles. The van der Waals surface area contributed by atoms with Gasteiger partial charge in [-0.15, -0.1) is 0 Å². The second-order valence-corrected chi connectivity index (χ2v) is 4.17. The summed E-state index contributed by atoms with van der Waals surface area (Å²) in [5.74, 6) is 0.849. The van der Waals surface area contributed by atoms with Gasteiger partial charge in [0.05, 0.1) is 0 Å². The number of pyridine rings is 1. The average molecular weight is 303 g/mol. The predicted octanol–water partition coefficient (Wildman–Crippen LogP) is 2.79. The van der Waals surface area contributed by atoms with Crippen molar-refractivity contribution >= 4 is 31.9 Å². The maximum absolute atomic E-state index is 4.22. The first-order valence-corrected chi connectivity index (χ1v) is 5.16. The summed E-state index contributed by atoms with van der Waals surface area (Å²) < 4.78 is 3.61. The van der Waals surface area contributed by atoms with Crippen molar-refractivity contribution in [3.63, 3.8) is 0 Å². The zero-order valence-electron chi connectivity index (χ0n) is 6.48. The molecule has 0 saturated heterocycles. The molecular formula is C8H5Br2N3. The van der Waals surface area contributed by atoms with E-state index < -0.39 is 0 Å². The van der Waals surface area contributed by atoms with Gasteiger partial charge in [-0.25, -0.2) is 9.97 Å². The average Bonchev–Trinajstić information content (AvgIpc) is 2.53. The Hall–Kier alpha value is -0.680. The molecule has 2 heterocycles. The maximum atomic E-state index is 4.22. The molecular weight excluding hydrogens is 298 g/mol. The Labute approximate surface area is 92.1 Å². The van der Waals surface area contributed by atoms with Gasteiger partial charge in [0.1, 0.15) is 16.7 Å². The topological polar surface area (TPSA) is 30.7 Å². The third-order valence-corrected chi connectivity index (χ3v) is 2.41. The van der Waals surface area contributed by atoms with Gasteiger partial charge in [0, 0.05) is 16.9 Å². The number of imidazole rings is 1. The van der Waals surface area contributed by atoms with Gasteiger partial charge in [-0.05, 0) is 44.0 Å². The van der Waals surface area contributed by atoms with Gasteiger partial charge < -0.3 is 0 Å². The summed E-state index contributed by atoms with van der Waals surface area (Å²) in [5, 5.41) is 0. The summed E-state index contributed by atoms with van der Waals surface area (Å²) in [6, 6.07) is 3.86. The van der Waals surface area contributed by atoms with Crippen molar-refractivity contribution in [2.45, 2.75) is 0 Å². The van der Waals surface area contributed by atoms with Gasteiger partial charge in [-0.3, -0.25) is 4.57 Å². The standard InChI is InChI=1S/C8H5Br2N3/c9-6-1-2-8(11-3-6)13-4-7(10)12-5-13/h1-5H. The number of halogens is 2. The summed E-state index contributed by atoms with van der Waals surface area (Å²) >= 11 is 6.60. The molecule has 0 aliphatic carbocycles. The van der Waals surface area contributed by atoms with Crippen LogP contribution in [0.25, 0.3) is 5.82 Å². The van der Waals surface area contributed by atoms with Crippen LogP contribution in [0.15, 0.2) is 39.9 Å². The van der Waals surface area contributed by atoms with Crippen molar-refractivity contribution < 1.29 is 0 Å². The zero-order chi connectivity index (χ0) is 9.26. The SMILES string of the molecule is Brc1ccc(-n2cnc(Br)c2)nc1. The summed E-state index contributed by atoms with van der Waals surface area (Å²) in [5.41, 5.74) is 0. The van der Waals surface area contributed by atoms with Gasteiger partial charge in [-0.2, -0.15) is 0 Å². The van der Waals surface area contributed by atoms with Crippen molar-refractivity contribution in [3.8, 4) is 5.82 Å². The highest BCUT2D eigenvalue weighted by Gasteiger charge is 1.98. The molecule has 0 unspecified atom stereocenters. The van der Waals surface area contributed by atoms with Crippen LogP contribution in [0.2, 0.25) is 0 Å². The van der Waals surface area contributed by atoms with Gasteiger partial charge in [0.25, 0.3) is 0 Å². The monoisotopic (exact) mass is 301 g/mol. The van der Waals surface area contributed by atoms with E-state index in [1.165, 1.54) is 0 Å². The third-order valence-electron chi connectivity index (χ3n) is 1.53. The molecule has 2 aromatic rings. The number of nitrogens with zero attached hydrogens (tertiary/aromatic N) is 3. The van der Waals surface area contributed by atoms with Crippen molar-refractivity contribution in [1.82, 2.24) is 14.5 Å². The minimum Gasteiger partial charge on any atom is -0.289 e. The fraction of sp³-hybridized carbons (Fsp3) is 0. The van der Waals surface area contributed by atoms with Crippen LogP contribution < -0.4 is 0 Å². The molecule has 5 heteroatoms. The number of aromatic nitrogens is 3. The molecule has 0 spiro atoms. The van der Waals surface area contributed by atoms with Crippen LogP contribution in [-0.2, 0) is 0 Å². The number of hydrogen-bond acceptors (Lipinski definition) is 2. The van der Waals surface area contributed by atoms with Gasteiger partial charge in [0.2, 0.25) is 0 Å². The van der Waals surface area contributed by atoms with E-state index in [9.17, 15) is 0 Å². The molecule has 0 N–H and O–H groups in total. The Bertz CT molecular complexity index is 408. The molecule has 0 aliphatic heterocycles. The van der Waals surface area contributed by atoms with E-state index in [0.717, 1.165) is 14.9 Å². The molecule has 0 aromatic carbocycles. The molecule has 2 rings (SSSR count). The lowest BCUT2D eigenvalue weighted by molar-refractivity contribution is 0.991. The summed E-state index contributed by atoms with van der Waals surface area (Å²) in [4.78, 5) is 8.26. The lowest BCUT2D eigenvalue weighted by atomic mass is 10.4. The lowest BCUT2D eigenvalue weighted by Crippen LogP contribution is -1.92. The van der Waals surface area contributed by atoms with E-state index in [2.05, 4.69) is 41.8 Å². The van der Waals surface area contributed by atoms with Crippen LogP contribution in [0.3, 0.4) is 0 Å². The quantitative estimate of drug-likeness (QED) is 0.811. The Kier molecular flexibility index (Phi) is 2.46. The first kappa shape index (κ1) is 8.90. The largest absolute Gasteiger partial charge is 0.289 e. The Balaban J connectivity index is 2.41. The lowest BCUT2D eigenvalue weighted by Gasteiger charge is -1.98. The Morgan fingerprint density at radius 1 is 1.15 bits per heavy atom. The van der Waals surface area contributed by atoms with E-state index in [1.807, 2.05) is 22.9 Å². The minimum absolute atomic E-state index is 0.803. The smallest absolute Gasteiger partial charge is 0.137 e. The van der Waals surface area contributed by atoms with Crippen LogP contribution >= 0.6 is 31.9 Å². The first-order chi connectivity index (χ1) is 6.25. The number of rotatable bonds is 1. The maximum Gasteiger partial charge on any atom is 0.137 e. The van der Waals surface area contributed by atoms with E-state index >= 15 is 0 Å². The van der Waals surface area contributed by atoms with Crippen LogP contribution in [-0.4, -0.2) is 14.5 Å². The van der Waals surface area contributed by atoms with E-state index in [-0.39, 0.29) is 0 Å². The van der Waals surface area contributed by atoms with Crippen molar-refractivity contribution in [2.24, 2.45) is 0 Å². The second-order valence-electron chi connectivity index (χ2n) is 2.44. The molecule has 0 atom stereocenters. The molecule has 0 fully saturated rings. The molecule has 0 amide bonds. The molecule has 3 nitrogen and oxygen atoms in total. The molecule has 66 valence electrons. The predicted molar refractivity (Wildman–Crippen MR) is 56.8 cm³/mol. The van der Waals surface area contributed by atoms with Crippen LogP contribution in [0.5, 0.6) is 0 Å². The molecule has 0 bridgehead atoms. The summed E-state index contributed by atoms with van der Waals surface area (Å²) in [6.07, 6.45) is 5.32. The highest BCUT2D eigenvalue weighted by Crippen LogP contribution is 2.12. The second kappa shape index (κ2) is 3.59. The highest BCUT2D eigenvalue weighted by molar-refractivity contribution is 9.10. The summed E-state index contributed by atoms with van der Waals surface area (Å²) in [7, 11) is 0. The van der Waals surface area contributed by atoms with Gasteiger partial charge >= 0.3 is 0 Å². The minimum atomic E-state index is 0.803. The van der Waals surface area contributed by atoms with E-state index in [4.69, 9.17) is 0 Å². The van der Waals surface area contributed by atoms with E-state index in [0.29, 0.717) is 0 Å². The normalized spacial score (nSPS) is 10.3. The van der Waals surface area contributed by atoms with Crippen molar-refractivity contribution in [2.75, 3.05) is 0 Å². The van der Waals surface area contributed by atoms with Gasteiger partial charge in [0.15, 0.2) is 0 Å². The van der Waals surface area contributed by atoms with Crippen LogP contribution in [0, 0.1) is 0 Å². The van der Waals surface area contributed by atoms with Gasteiger partial charge in [-0.1, -0.05) is 0 Å². The molecule has 0 aliphatic rings. The first-order valence-electron chi connectivity index (χ1n) is 3.57. The number of hydrogen-bond donors (Lipinski definition) is 0. The van der Waals surface area contributed by atoms with Crippen molar-refractivity contribution in [1.29, 1.82) is 0 Å². The van der Waals surface area contributed by atoms with Crippen LogP contribution in [0.1, 0.15) is 0 Å². The van der Waals surface area contributed by atoms with Crippen molar-refractivity contribution in [3.05, 3.63) is 39.9 Å². The van der Waals surface area contributed by atoms with Crippen LogP contribution in [0.4, 0.5) is 0 Å². The fourth-order valence-corrected chi connectivity index (χ4v) is 1.49. The molecule has 13 heavy (non-hydrogen) atoms. The Morgan fingerprint density at radius 2 is 2.00 bits per heavy atom. The zero-order valence-corrected chi connectivity index (χ0v) is 9.66. The highest BCUT2D eigenvalue weighted by atomic mass is 79.9. The molecule has 0 saturated carbocycles. The Morgan fingerprint density at radius 3 is 2.54 bits per heavy atom. The third kappa shape index (κ3) is 1.97. The fourth-order valence-electron chi connectivity index (χ4n) is 0.945. The molecule has 0 radical (unpaired) electrons. The summed E-state index contributed by atoms with van der Waals surface area (Å²) in [6.45, 7) is 0.